The zero-order valence-corrected chi connectivity index (χ0v) is 19.7. The maximum Gasteiger partial charge on any atom is 0.357 e. The molecule has 9 nitrogen and oxygen atoms in total. The molecule has 0 saturated heterocycles. The van der Waals surface area contributed by atoms with Crippen LogP contribution in [-0.2, 0) is 16.8 Å². The van der Waals surface area contributed by atoms with Gasteiger partial charge in [0.15, 0.2) is 5.69 Å². The first-order chi connectivity index (χ1) is 16.4. The summed E-state index contributed by atoms with van der Waals surface area (Å²) >= 11 is 0. The van der Waals surface area contributed by atoms with Crippen LogP contribution in [0.25, 0.3) is 28.2 Å². The Kier molecular flexibility index (Phi) is 6.56. The van der Waals surface area contributed by atoms with Gasteiger partial charge in [0.2, 0.25) is 5.82 Å². The Labute approximate surface area is 197 Å². The van der Waals surface area contributed by atoms with E-state index >= 15 is 0 Å². The van der Waals surface area contributed by atoms with Gasteiger partial charge in [-0.05, 0) is 48.2 Å². The summed E-state index contributed by atoms with van der Waals surface area (Å²) in [7, 11) is 1.33. The summed E-state index contributed by atoms with van der Waals surface area (Å²) < 4.78 is 6.88. The van der Waals surface area contributed by atoms with Gasteiger partial charge < -0.3 is 9.84 Å². The maximum absolute atomic E-state index is 12.9. The molecule has 0 fully saturated rings. The molecule has 0 bridgehead atoms. The molecule has 0 aliphatic heterocycles. The summed E-state index contributed by atoms with van der Waals surface area (Å²) in [6.45, 7) is 5.57. The quantitative estimate of drug-likeness (QED) is 0.380. The number of methoxy groups -OCH3 is 1. The van der Waals surface area contributed by atoms with Crippen LogP contribution in [0.4, 0.5) is 0 Å². The summed E-state index contributed by atoms with van der Waals surface area (Å²) in [5, 5.41) is 25.4. The van der Waals surface area contributed by atoms with Gasteiger partial charge in [0.1, 0.15) is 17.1 Å². The lowest BCUT2D eigenvalue weighted by Gasteiger charge is -2.20. The van der Waals surface area contributed by atoms with E-state index in [9.17, 15) is 9.90 Å². The Morgan fingerprint density at radius 3 is 2.41 bits per heavy atom. The van der Waals surface area contributed by atoms with Crippen molar-refractivity contribution in [2.24, 2.45) is 0 Å². The highest BCUT2D eigenvalue weighted by Crippen LogP contribution is 2.33. The third-order valence-corrected chi connectivity index (χ3v) is 5.95. The molecule has 1 atom stereocenters. The maximum atomic E-state index is 12.9. The number of aromatic nitrogens is 6. The van der Waals surface area contributed by atoms with E-state index in [1.165, 1.54) is 7.11 Å². The normalized spacial score (nSPS) is 13.0. The summed E-state index contributed by atoms with van der Waals surface area (Å²) in [5.74, 6) is 0.676. The van der Waals surface area contributed by atoms with Crippen molar-refractivity contribution >= 4 is 5.97 Å². The van der Waals surface area contributed by atoms with Crippen LogP contribution in [0.15, 0.2) is 48.5 Å². The molecular formula is C25H28N6O3. The Bertz CT molecular complexity index is 1280. The van der Waals surface area contributed by atoms with Gasteiger partial charge in [-0.1, -0.05) is 50.2 Å². The number of nitrogens with zero attached hydrogens (tertiary/aromatic N) is 5. The highest BCUT2D eigenvalue weighted by molar-refractivity contribution is 5.90. The number of benzene rings is 2. The van der Waals surface area contributed by atoms with E-state index in [0.29, 0.717) is 30.2 Å². The Morgan fingerprint density at radius 1 is 1.12 bits per heavy atom. The first-order valence-corrected chi connectivity index (χ1v) is 11.3. The van der Waals surface area contributed by atoms with Crippen molar-refractivity contribution in [3.63, 3.8) is 0 Å². The van der Waals surface area contributed by atoms with Crippen molar-refractivity contribution in [1.29, 1.82) is 0 Å². The van der Waals surface area contributed by atoms with Gasteiger partial charge >= 0.3 is 5.97 Å². The topological polar surface area (TPSA) is 119 Å². The molecule has 0 spiro atoms. The van der Waals surface area contributed by atoms with Gasteiger partial charge in [-0.15, -0.1) is 10.2 Å². The number of aromatic amines is 1. The summed E-state index contributed by atoms with van der Waals surface area (Å²) in [5.41, 5.74) is 2.85. The molecule has 0 radical (unpaired) electrons. The number of aryl methyl sites for hydroxylation is 1. The third-order valence-electron chi connectivity index (χ3n) is 5.95. The lowest BCUT2D eigenvalue weighted by molar-refractivity contribution is 0.0421. The van der Waals surface area contributed by atoms with Crippen LogP contribution in [0.1, 0.15) is 55.6 Å². The Balaban J connectivity index is 1.85. The SMILES string of the molecule is CCCc1nc(C(C)(O)CC)c(C(=O)OC)n1-c1ccc(-c2ccccc2-c2nn[nH]n2)cc1. The molecule has 2 heterocycles. The van der Waals surface area contributed by atoms with E-state index in [2.05, 4.69) is 20.6 Å². The van der Waals surface area contributed by atoms with Gasteiger partial charge in [-0.3, -0.25) is 4.57 Å². The second-order valence-corrected chi connectivity index (χ2v) is 8.26. The zero-order valence-electron chi connectivity index (χ0n) is 19.7. The van der Waals surface area contributed by atoms with E-state index in [-0.39, 0.29) is 5.69 Å². The molecule has 1 unspecified atom stereocenters. The minimum absolute atomic E-state index is 0.248. The summed E-state index contributed by atoms with van der Waals surface area (Å²) in [4.78, 5) is 17.6. The molecule has 2 aromatic heterocycles. The molecule has 4 rings (SSSR count). The fraction of sp³-hybridized carbons (Fsp3) is 0.320. The fourth-order valence-electron chi connectivity index (χ4n) is 3.96. The van der Waals surface area contributed by atoms with Crippen LogP contribution in [-0.4, -0.2) is 48.4 Å². The number of H-pyrrole nitrogens is 1. The third kappa shape index (κ3) is 4.22. The molecule has 0 aliphatic carbocycles. The molecule has 0 aliphatic rings. The number of carbonyl (C=O) groups is 1. The molecule has 0 saturated carbocycles. The van der Waals surface area contributed by atoms with Crippen molar-refractivity contribution in [3.05, 3.63) is 65.7 Å². The van der Waals surface area contributed by atoms with Crippen molar-refractivity contribution in [3.8, 4) is 28.2 Å². The number of imidazole rings is 1. The van der Waals surface area contributed by atoms with Crippen molar-refractivity contribution in [2.75, 3.05) is 7.11 Å². The largest absolute Gasteiger partial charge is 0.464 e. The van der Waals surface area contributed by atoms with Crippen molar-refractivity contribution in [1.82, 2.24) is 30.2 Å². The number of hydrogen-bond donors (Lipinski definition) is 2. The zero-order chi connectivity index (χ0) is 24.3. The van der Waals surface area contributed by atoms with E-state index in [0.717, 1.165) is 28.8 Å². The van der Waals surface area contributed by atoms with Crippen LogP contribution in [0.3, 0.4) is 0 Å². The van der Waals surface area contributed by atoms with Gasteiger partial charge in [-0.2, -0.15) is 5.21 Å². The summed E-state index contributed by atoms with van der Waals surface area (Å²) in [6, 6.07) is 15.6. The number of aliphatic hydroxyl groups is 1. The molecule has 34 heavy (non-hydrogen) atoms. The van der Waals surface area contributed by atoms with E-state index in [1.807, 2.05) is 62.4 Å². The lowest BCUT2D eigenvalue weighted by atomic mass is 9.97. The average molecular weight is 461 g/mol. The minimum Gasteiger partial charge on any atom is -0.464 e. The molecule has 2 N–H and O–H groups in total. The predicted octanol–water partition coefficient (Wildman–Crippen LogP) is 4.08. The Hall–Kier alpha value is -3.85. The van der Waals surface area contributed by atoms with Crippen LogP contribution in [0, 0.1) is 0 Å². The molecule has 0 amide bonds. The second-order valence-electron chi connectivity index (χ2n) is 8.26. The molecular weight excluding hydrogens is 432 g/mol. The van der Waals surface area contributed by atoms with Crippen molar-refractivity contribution in [2.45, 2.75) is 45.6 Å². The first kappa shape index (κ1) is 23.3. The molecule has 2 aromatic carbocycles. The molecule has 176 valence electrons. The number of ether oxygens (including phenoxy) is 1. The lowest BCUT2D eigenvalue weighted by Crippen LogP contribution is -2.25. The van der Waals surface area contributed by atoms with Gasteiger partial charge in [0.25, 0.3) is 0 Å². The van der Waals surface area contributed by atoms with Gasteiger partial charge in [-0.25, -0.2) is 9.78 Å². The number of carbonyl (C=O) groups excluding carboxylic acids is 1. The first-order valence-electron chi connectivity index (χ1n) is 11.3. The minimum atomic E-state index is -1.26. The number of nitrogens with one attached hydrogen (secondary N) is 1. The average Bonchev–Trinajstić information content (AvgIpc) is 3.53. The van der Waals surface area contributed by atoms with Crippen LogP contribution < -0.4 is 0 Å². The number of esters is 1. The van der Waals surface area contributed by atoms with E-state index in [4.69, 9.17) is 9.72 Å². The second kappa shape index (κ2) is 9.56. The van der Waals surface area contributed by atoms with Crippen LogP contribution >= 0.6 is 0 Å². The monoisotopic (exact) mass is 460 g/mol. The fourth-order valence-corrected chi connectivity index (χ4v) is 3.96. The summed E-state index contributed by atoms with van der Waals surface area (Å²) in [6.07, 6.45) is 1.89. The van der Waals surface area contributed by atoms with Crippen molar-refractivity contribution < 1.29 is 14.6 Å². The van der Waals surface area contributed by atoms with Gasteiger partial charge in [0.05, 0.1) is 7.11 Å². The molecule has 4 aromatic rings. The highest BCUT2D eigenvalue weighted by atomic mass is 16.5. The predicted molar refractivity (Wildman–Crippen MR) is 127 cm³/mol. The highest BCUT2D eigenvalue weighted by Gasteiger charge is 2.34. The van der Waals surface area contributed by atoms with E-state index in [1.54, 1.807) is 11.5 Å². The van der Waals surface area contributed by atoms with E-state index < -0.39 is 11.6 Å². The number of rotatable bonds is 8. The Morgan fingerprint density at radius 2 is 1.82 bits per heavy atom. The smallest absolute Gasteiger partial charge is 0.357 e. The van der Waals surface area contributed by atoms with Crippen LogP contribution in [0.5, 0.6) is 0 Å². The number of tetrazole rings is 1. The van der Waals surface area contributed by atoms with Gasteiger partial charge in [0, 0.05) is 17.7 Å². The standard InChI is InChI=1S/C25H28N6O3/c1-5-9-20-26-22(25(3,33)6-2)21(24(32)34-4)31(20)17-14-12-16(13-15-17)18-10-7-8-11-19(18)23-27-29-30-28-23/h7-8,10-15,33H,5-6,9H2,1-4H3,(H,27,28,29,30). The number of hydrogen-bond acceptors (Lipinski definition) is 7. The van der Waals surface area contributed by atoms with Crippen LogP contribution in [0.2, 0.25) is 0 Å². The molecule has 9 heteroatoms.